The predicted molar refractivity (Wildman–Crippen MR) is 71.0 cm³/mol. The van der Waals surface area contributed by atoms with Gasteiger partial charge in [0.25, 0.3) is 0 Å². The summed E-state index contributed by atoms with van der Waals surface area (Å²) in [6.07, 6.45) is 4.23. The van der Waals surface area contributed by atoms with Crippen LogP contribution in [-0.4, -0.2) is 13.1 Å². The zero-order valence-electron chi connectivity index (χ0n) is 11.2. The molecule has 2 nitrogen and oxygen atoms in total. The highest BCUT2D eigenvalue weighted by atomic mass is 16.5. The summed E-state index contributed by atoms with van der Waals surface area (Å²) in [4.78, 5) is 11.4. The quantitative estimate of drug-likeness (QED) is 0.724. The summed E-state index contributed by atoms with van der Waals surface area (Å²) in [5.74, 6) is -0.283. The van der Waals surface area contributed by atoms with E-state index in [-0.39, 0.29) is 11.4 Å². The van der Waals surface area contributed by atoms with Crippen molar-refractivity contribution >= 4 is 12.0 Å². The first kappa shape index (κ1) is 13.5. The van der Waals surface area contributed by atoms with Crippen LogP contribution in [0.3, 0.4) is 0 Å². The van der Waals surface area contributed by atoms with E-state index in [9.17, 15) is 4.79 Å². The van der Waals surface area contributed by atoms with E-state index >= 15 is 0 Å². The van der Waals surface area contributed by atoms with E-state index in [0.29, 0.717) is 5.56 Å². The lowest BCUT2D eigenvalue weighted by Gasteiger charge is -2.11. The van der Waals surface area contributed by atoms with Crippen molar-refractivity contribution in [1.82, 2.24) is 0 Å². The molecular formula is C15H20O2. The third kappa shape index (κ3) is 4.06. The van der Waals surface area contributed by atoms with Gasteiger partial charge in [-0.1, -0.05) is 45.1 Å². The van der Waals surface area contributed by atoms with Gasteiger partial charge in [-0.3, -0.25) is 0 Å². The number of ether oxygens (including phenoxy) is 1. The lowest BCUT2D eigenvalue weighted by atomic mass is 9.95. The van der Waals surface area contributed by atoms with Crippen molar-refractivity contribution < 1.29 is 9.53 Å². The SMILES string of the molecule is COC(=O)c1ccc(C=CC(C)(C)C)cc1C. The number of aryl methyl sites for hydroxylation is 1. The zero-order valence-corrected chi connectivity index (χ0v) is 11.2. The molecule has 0 saturated heterocycles. The first-order valence-electron chi connectivity index (χ1n) is 5.72. The van der Waals surface area contributed by atoms with Crippen molar-refractivity contribution in [2.45, 2.75) is 27.7 Å². The largest absolute Gasteiger partial charge is 0.465 e. The summed E-state index contributed by atoms with van der Waals surface area (Å²) in [7, 11) is 1.40. The Morgan fingerprint density at radius 2 is 1.94 bits per heavy atom. The molecule has 0 aromatic heterocycles. The molecule has 0 aliphatic carbocycles. The van der Waals surface area contributed by atoms with Crippen LogP contribution < -0.4 is 0 Å². The number of rotatable bonds is 2. The maximum absolute atomic E-state index is 11.4. The van der Waals surface area contributed by atoms with Crippen molar-refractivity contribution in [2.75, 3.05) is 7.11 Å². The average Bonchev–Trinajstić information content (AvgIpc) is 2.24. The predicted octanol–water partition coefficient (Wildman–Crippen LogP) is 3.84. The molecule has 2 heteroatoms. The molecule has 0 atom stereocenters. The smallest absolute Gasteiger partial charge is 0.338 e. The molecule has 0 aliphatic heterocycles. The number of carbonyl (C=O) groups excluding carboxylic acids is 1. The average molecular weight is 232 g/mol. The van der Waals surface area contributed by atoms with Crippen LogP contribution in [0.2, 0.25) is 0 Å². The van der Waals surface area contributed by atoms with Crippen molar-refractivity contribution in [3.05, 3.63) is 41.0 Å². The molecule has 1 rings (SSSR count). The fraction of sp³-hybridized carbons (Fsp3) is 0.400. The molecule has 0 aliphatic rings. The first-order chi connectivity index (χ1) is 7.83. The summed E-state index contributed by atoms with van der Waals surface area (Å²) >= 11 is 0. The van der Waals surface area contributed by atoms with E-state index in [4.69, 9.17) is 4.74 Å². The number of hydrogen-bond acceptors (Lipinski definition) is 2. The normalized spacial score (nSPS) is 11.8. The van der Waals surface area contributed by atoms with Crippen LogP contribution in [0.1, 0.15) is 42.3 Å². The molecular weight excluding hydrogens is 212 g/mol. The number of carbonyl (C=O) groups is 1. The van der Waals surface area contributed by atoms with Gasteiger partial charge in [-0.2, -0.15) is 0 Å². The van der Waals surface area contributed by atoms with Gasteiger partial charge in [0.2, 0.25) is 0 Å². The van der Waals surface area contributed by atoms with E-state index in [2.05, 4.69) is 32.9 Å². The van der Waals surface area contributed by atoms with Gasteiger partial charge in [-0.05, 0) is 29.5 Å². The van der Waals surface area contributed by atoms with Crippen LogP contribution in [0.4, 0.5) is 0 Å². The molecule has 0 bridgehead atoms. The highest BCUT2D eigenvalue weighted by molar-refractivity contribution is 5.91. The Kier molecular flexibility index (Phi) is 4.11. The van der Waals surface area contributed by atoms with Crippen LogP contribution >= 0.6 is 0 Å². The van der Waals surface area contributed by atoms with E-state index < -0.39 is 0 Å². The fourth-order valence-corrected chi connectivity index (χ4v) is 1.48. The third-order valence-electron chi connectivity index (χ3n) is 2.43. The van der Waals surface area contributed by atoms with Gasteiger partial charge in [0.1, 0.15) is 0 Å². The minimum absolute atomic E-state index is 0.162. The summed E-state index contributed by atoms with van der Waals surface area (Å²) in [5.41, 5.74) is 2.83. The Bertz CT molecular complexity index is 437. The second-order valence-corrected chi connectivity index (χ2v) is 5.27. The fourth-order valence-electron chi connectivity index (χ4n) is 1.48. The topological polar surface area (TPSA) is 26.3 Å². The van der Waals surface area contributed by atoms with Crippen LogP contribution in [0.15, 0.2) is 24.3 Å². The van der Waals surface area contributed by atoms with Gasteiger partial charge < -0.3 is 4.74 Å². The molecule has 0 unspecified atom stereocenters. The van der Waals surface area contributed by atoms with Crippen molar-refractivity contribution in [2.24, 2.45) is 5.41 Å². The van der Waals surface area contributed by atoms with Gasteiger partial charge in [0.15, 0.2) is 0 Å². The number of esters is 1. The highest BCUT2D eigenvalue weighted by Crippen LogP contribution is 2.19. The lowest BCUT2D eigenvalue weighted by molar-refractivity contribution is 0.0600. The molecule has 92 valence electrons. The maximum Gasteiger partial charge on any atom is 0.338 e. The second-order valence-electron chi connectivity index (χ2n) is 5.27. The summed E-state index contributed by atoms with van der Waals surface area (Å²) < 4.78 is 4.71. The Balaban J connectivity index is 2.97. The minimum Gasteiger partial charge on any atom is -0.465 e. The molecule has 0 spiro atoms. The van der Waals surface area contributed by atoms with E-state index in [0.717, 1.165) is 11.1 Å². The Morgan fingerprint density at radius 1 is 1.29 bits per heavy atom. The van der Waals surface area contributed by atoms with E-state index in [1.165, 1.54) is 7.11 Å². The van der Waals surface area contributed by atoms with Gasteiger partial charge in [-0.15, -0.1) is 0 Å². The standard InChI is InChI=1S/C15H20O2/c1-11-10-12(8-9-15(2,3)4)6-7-13(11)14(16)17-5/h6-10H,1-5H3. The maximum atomic E-state index is 11.4. The molecule has 1 aromatic rings. The monoisotopic (exact) mass is 232 g/mol. The minimum atomic E-state index is -0.283. The van der Waals surface area contributed by atoms with Crippen LogP contribution in [0.5, 0.6) is 0 Å². The Morgan fingerprint density at radius 3 is 2.41 bits per heavy atom. The molecule has 0 saturated carbocycles. The van der Waals surface area contributed by atoms with Crippen LogP contribution in [0, 0.1) is 12.3 Å². The summed E-state index contributed by atoms with van der Waals surface area (Å²) in [6.45, 7) is 8.37. The van der Waals surface area contributed by atoms with Crippen molar-refractivity contribution in [1.29, 1.82) is 0 Å². The number of methoxy groups -OCH3 is 1. The van der Waals surface area contributed by atoms with Crippen LogP contribution in [0.25, 0.3) is 6.08 Å². The third-order valence-corrected chi connectivity index (χ3v) is 2.43. The molecule has 17 heavy (non-hydrogen) atoms. The van der Waals surface area contributed by atoms with E-state index in [1.807, 2.05) is 25.1 Å². The molecule has 0 amide bonds. The Hall–Kier alpha value is -1.57. The summed E-state index contributed by atoms with van der Waals surface area (Å²) in [6, 6.07) is 5.74. The number of allylic oxidation sites excluding steroid dienone is 1. The van der Waals surface area contributed by atoms with Crippen molar-refractivity contribution in [3.8, 4) is 0 Å². The van der Waals surface area contributed by atoms with Crippen molar-refractivity contribution in [3.63, 3.8) is 0 Å². The van der Waals surface area contributed by atoms with Crippen LogP contribution in [-0.2, 0) is 4.74 Å². The van der Waals surface area contributed by atoms with Gasteiger partial charge in [0.05, 0.1) is 12.7 Å². The zero-order chi connectivity index (χ0) is 13.1. The molecule has 0 fully saturated rings. The molecule has 0 heterocycles. The second kappa shape index (κ2) is 5.17. The molecule has 0 radical (unpaired) electrons. The highest BCUT2D eigenvalue weighted by Gasteiger charge is 2.09. The lowest BCUT2D eigenvalue weighted by Crippen LogP contribution is -2.03. The van der Waals surface area contributed by atoms with Gasteiger partial charge >= 0.3 is 5.97 Å². The van der Waals surface area contributed by atoms with Gasteiger partial charge in [0, 0.05) is 0 Å². The first-order valence-corrected chi connectivity index (χ1v) is 5.72. The van der Waals surface area contributed by atoms with Gasteiger partial charge in [-0.25, -0.2) is 4.79 Å². The molecule has 0 N–H and O–H groups in total. The summed E-state index contributed by atoms with van der Waals surface area (Å²) in [5, 5.41) is 0. The number of benzene rings is 1. The molecule has 1 aromatic carbocycles. The van der Waals surface area contributed by atoms with E-state index in [1.54, 1.807) is 0 Å². The Labute approximate surface area is 103 Å². The number of hydrogen-bond donors (Lipinski definition) is 0.